The highest BCUT2D eigenvalue weighted by Gasteiger charge is 2.11. The molecule has 0 atom stereocenters. The summed E-state index contributed by atoms with van der Waals surface area (Å²) in [4.78, 5) is 25.7. The maximum Gasteiger partial charge on any atom is 0.284 e. The van der Waals surface area contributed by atoms with Crippen LogP contribution in [-0.2, 0) is 14.5 Å². The molecule has 0 aliphatic rings. The van der Waals surface area contributed by atoms with Gasteiger partial charge in [-0.1, -0.05) is 5.23 Å². The van der Waals surface area contributed by atoms with Crippen LogP contribution in [0, 0.1) is 0 Å². The molecule has 84 valence electrons. The molecule has 0 aliphatic carbocycles. The van der Waals surface area contributed by atoms with Crippen LogP contribution in [0.5, 0.6) is 0 Å². The van der Waals surface area contributed by atoms with Crippen molar-refractivity contribution in [3.05, 3.63) is 0 Å². The quantitative estimate of drug-likeness (QED) is 0.621. The minimum absolute atomic E-state index is 0.0126. The highest BCUT2D eigenvalue weighted by molar-refractivity contribution is 5.37. The molecule has 15 heavy (non-hydrogen) atoms. The lowest BCUT2D eigenvalue weighted by Gasteiger charge is -2.15. The Hall–Kier alpha value is -1.71. The van der Waals surface area contributed by atoms with E-state index >= 15 is 0 Å². The van der Waals surface area contributed by atoms with Gasteiger partial charge in [0.15, 0.2) is 0 Å². The Labute approximate surface area is 86.0 Å². The van der Waals surface area contributed by atoms with Crippen LogP contribution in [-0.4, -0.2) is 36.3 Å². The van der Waals surface area contributed by atoms with Crippen LogP contribution in [0.1, 0.15) is 0 Å². The predicted molar refractivity (Wildman–Crippen MR) is 51.4 cm³/mol. The largest absolute Gasteiger partial charge is 0.368 e. The molecule has 0 amide bonds. The number of aromatic nitrogens is 3. The third kappa shape index (κ3) is 2.87. The lowest BCUT2D eigenvalue weighted by molar-refractivity contribution is -0.0471. The first kappa shape index (κ1) is 11.4. The van der Waals surface area contributed by atoms with E-state index in [-0.39, 0.29) is 17.8 Å². The molecule has 9 heteroatoms. The van der Waals surface area contributed by atoms with E-state index in [2.05, 4.69) is 25.3 Å². The molecule has 0 spiro atoms. The summed E-state index contributed by atoms with van der Waals surface area (Å²) in [5.41, 5.74) is 7.85. The zero-order valence-electron chi connectivity index (χ0n) is 8.59. The molecule has 0 aliphatic heterocycles. The number of nitrogens with two attached hydrogens (primary N) is 1. The molecule has 0 fully saturated rings. The van der Waals surface area contributed by atoms with Crippen molar-refractivity contribution in [3.8, 4) is 0 Å². The van der Waals surface area contributed by atoms with Gasteiger partial charge >= 0.3 is 0 Å². The van der Waals surface area contributed by atoms with E-state index in [4.69, 9.17) is 15.4 Å². The fraction of sp³-hybridized carbons (Fsp3) is 0.500. The van der Waals surface area contributed by atoms with Crippen molar-refractivity contribution in [2.24, 2.45) is 0 Å². The number of nitrogen functional groups attached to an aromatic ring is 1. The lowest BCUT2D eigenvalue weighted by Crippen LogP contribution is -2.23. The average molecular weight is 216 g/mol. The average Bonchev–Trinajstić information content (AvgIpc) is 2.19. The first-order chi connectivity index (χ1) is 7.21. The fourth-order valence-corrected chi connectivity index (χ4v) is 0.837. The normalized spacial score (nSPS) is 10.1. The third-order valence-electron chi connectivity index (χ3n) is 1.33. The van der Waals surface area contributed by atoms with Gasteiger partial charge in [-0.15, -0.1) is 0 Å². The van der Waals surface area contributed by atoms with Crippen molar-refractivity contribution in [2.75, 3.05) is 37.8 Å². The van der Waals surface area contributed by atoms with Gasteiger partial charge in [0.25, 0.3) is 11.9 Å². The summed E-state index contributed by atoms with van der Waals surface area (Å²) in [6.45, 7) is 0. The van der Waals surface area contributed by atoms with E-state index in [1.807, 2.05) is 0 Å². The summed E-state index contributed by atoms with van der Waals surface area (Å²) in [5.74, 6) is 0.268. The monoisotopic (exact) mass is 216 g/mol. The van der Waals surface area contributed by atoms with Crippen LogP contribution >= 0.6 is 0 Å². The van der Waals surface area contributed by atoms with E-state index < -0.39 is 0 Å². The van der Waals surface area contributed by atoms with Crippen LogP contribution in [0.4, 0.5) is 17.8 Å². The highest BCUT2D eigenvalue weighted by Crippen LogP contribution is 2.11. The molecule has 1 aromatic rings. The van der Waals surface area contributed by atoms with Crippen LogP contribution in [0.15, 0.2) is 0 Å². The second kappa shape index (κ2) is 5.24. The van der Waals surface area contributed by atoms with Gasteiger partial charge in [-0.05, 0) is 0 Å². The van der Waals surface area contributed by atoms with Gasteiger partial charge in [-0.3, -0.25) is 4.84 Å². The smallest absolute Gasteiger partial charge is 0.284 e. The van der Waals surface area contributed by atoms with Gasteiger partial charge in [-0.2, -0.15) is 15.0 Å². The maximum absolute atomic E-state index is 5.44. The van der Waals surface area contributed by atoms with Crippen molar-refractivity contribution in [1.82, 2.24) is 15.0 Å². The van der Waals surface area contributed by atoms with Crippen LogP contribution < -0.4 is 16.4 Å². The second-order valence-electron chi connectivity index (χ2n) is 2.25. The van der Waals surface area contributed by atoms with Crippen LogP contribution in [0.3, 0.4) is 0 Å². The highest BCUT2D eigenvalue weighted by atomic mass is 16.9. The molecule has 9 nitrogen and oxygen atoms in total. The molecular weight excluding hydrogens is 204 g/mol. The summed E-state index contributed by atoms with van der Waals surface area (Å²) in [6.07, 6.45) is 0. The SMILES string of the molecule is CONc1nc(N)nc(N(OC)OC)n1. The fourth-order valence-electron chi connectivity index (χ4n) is 0.837. The summed E-state index contributed by atoms with van der Waals surface area (Å²) in [7, 11) is 4.21. The third-order valence-corrected chi connectivity index (χ3v) is 1.33. The minimum Gasteiger partial charge on any atom is -0.368 e. The first-order valence-corrected chi connectivity index (χ1v) is 3.90. The van der Waals surface area contributed by atoms with Crippen molar-refractivity contribution >= 4 is 17.8 Å². The van der Waals surface area contributed by atoms with Crippen molar-refractivity contribution in [2.45, 2.75) is 0 Å². The Morgan fingerprint density at radius 3 is 2.33 bits per heavy atom. The van der Waals surface area contributed by atoms with E-state index in [9.17, 15) is 0 Å². The van der Waals surface area contributed by atoms with E-state index in [0.717, 1.165) is 5.23 Å². The van der Waals surface area contributed by atoms with E-state index in [1.54, 1.807) is 0 Å². The van der Waals surface area contributed by atoms with E-state index in [0.29, 0.717) is 0 Å². The van der Waals surface area contributed by atoms with Crippen molar-refractivity contribution in [1.29, 1.82) is 0 Å². The Balaban J connectivity index is 2.96. The molecule has 3 N–H and O–H groups in total. The molecule has 1 heterocycles. The number of hydrogen-bond acceptors (Lipinski definition) is 9. The zero-order valence-corrected chi connectivity index (χ0v) is 8.59. The maximum atomic E-state index is 5.44. The van der Waals surface area contributed by atoms with Crippen LogP contribution in [0.2, 0.25) is 0 Å². The first-order valence-electron chi connectivity index (χ1n) is 3.90. The zero-order chi connectivity index (χ0) is 11.3. The summed E-state index contributed by atoms with van der Waals surface area (Å²) >= 11 is 0. The number of nitrogens with one attached hydrogen (secondary N) is 1. The lowest BCUT2D eigenvalue weighted by atomic mass is 10.8. The number of rotatable bonds is 5. The minimum atomic E-state index is 0.0126. The standard InChI is InChI=1S/C6H12N6O3/c1-13-11-5-8-4(7)9-6(10-5)12(14-2)15-3/h1-3H3,(H3,7,8,9,10,11). The molecule has 0 unspecified atom stereocenters. The van der Waals surface area contributed by atoms with E-state index in [1.165, 1.54) is 21.3 Å². The molecule has 1 rings (SSSR count). The summed E-state index contributed by atoms with van der Waals surface area (Å²) in [6, 6.07) is 0. The Morgan fingerprint density at radius 1 is 1.13 bits per heavy atom. The number of anilines is 3. The summed E-state index contributed by atoms with van der Waals surface area (Å²) < 4.78 is 0. The predicted octanol–water partition coefficient (Wildman–Crippen LogP) is -0.644. The second-order valence-corrected chi connectivity index (χ2v) is 2.25. The van der Waals surface area contributed by atoms with Gasteiger partial charge in [0, 0.05) is 0 Å². The van der Waals surface area contributed by atoms with Crippen LogP contribution in [0.25, 0.3) is 0 Å². The van der Waals surface area contributed by atoms with Crippen molar-refractivity contribution < 1.29 is 14.5 Å². The van der Waals surface area contributed by atoms with Gasteiger partial charge in [0.1, 0.15) is 0 Å². The Kier molecular flexibility index (Phi) is 3.97. The Morgan fingerprint density at radius 2 is 1.80 bits per heavy atom. The molecule has 0 aromatic carbocycles. The number of hydrogen-bond donors (Lipinski definition) is 2. The van der Waals surface area contributed by atoms with Gasteiger partial charge in [0.2, 0.25) is 5.95 Å². The summed E-state index contributed by atoms with van der Waals surface area (Å²) in [5, 5.41) is 0.971. The van der Waals surface area contributed by atoms with Gasteiger partial charge in [0.05, 0.1) is 21.3 Å². The van der Waals surface area contributed by atoms with Gasteiger partial charge < -0.3 is 5.73 Å². The molecule has 0 radical (unpaired) electrons. The Bertz CT molecular complexity index is 318. The molecular formula is C6H12N6O3. The number of nitrogens with zero attached hydrogens (tertiary/aromatic N) is 4. The molecule has 0 saturated heterocycles. The molecule has 1 aromatic heterocycles. The topological polar surface area (TPSA) is 108 Å². The molecule has 0 saturated carbocycles. The molecule has 0 bridgehead atoms. The van der Waals surface area contributed by atoms with Gasteiger partial charge in [-0.25, -0.2) is 15.2 Å². The van der Waals surface area contributed by atoms with Crippen molar-refractivity contribution in [3.63, 3.8) is 0 Å².